The normalized spacial score (nSPS) is 10.9. The van der Waals surface area contributed by atoms with Gasteiger partial charge in [-0.15, -0.1) is 0 Å². The molecule has 0 fully saturated rings. The molecule has 0 aliphatic heterocycles. The van der Waals surface area contributed by atoms with Crippen molar-refractivity contribution < 1.29 is 14.7 Å². The van der Waals surface area contributed by atoms with E-state index in [0.29, 0.717) is 5.92 Å². The zero-order chi connectivity index (χ0) is 12.1. The molecule has 7 heteroatoms. The Hall–Kier alpha value is -0.390. The molecule has 5 nitrogen and oxygen atoms in total. The van der Waals surface area contributed by atoms with Gasteiger partial charge in [0.1, 0.15) is 5.82 Å². The predicted molar refractivity (Wildman–Crippen MR) is 61.8 cm³/mol. The van der Waals surface area contributed by atoms with Crippen LogP contribution in [0.1, 0.15) is 31.3 Å². The molecule has 3 N–H and O–H groups in total. The average Bonchev–Trinajstić information content (AvgIpc) is 2.00. The van der Waals surface area contributed by atoms with Crippen molar-refractivity contribution in [2.24, 2.45) is 0 Å². The second-order valence-electron chi connectivity index (χ2n) is 3.22. The summed E-state index contributed by atoms with van der Waals surface area (Å²) in [6.45, 7) is 2.36. The summed E-state index contributed by atoms with van der Waals surface area (Å²) < 4.78 is 0. The van der Waals surface area contributed by atoms with Gasteiger partial charge in [-0.2, -0.15) is 0 Å². The second kappa shape index (κ2) is 6.25. The minimum Gasteiger partial charge on any atom is -0.325 e. The maximum absolute atomic E-state index is 7.56. The summed E-state index contributed by atoms with van der Waals surface area (Å²) in [5.74, 6) is 1.36. The summed E-state index contributed by atoms with van der Waals surface area (Å²) in [7, 11) is 0. The highest BCUT2D eigenvalue weighted by atomic mass is 32.5. The molecule has 15 heavy (non-hydrogen) atoms. The van der Waals surface area contributed by atoms with Crippen molar-refractivity contribution in [3.63, 3.8) is 0 Å². The molecule has 1 aromatic heterocycles. The van der Waals surface area contributed by atoms with Gasteiger partial charge >= 0.3 is 6.72 Å². The lowest BCUT2D eigenvalue weighted by Gasteiger charge is -2.01. The first-order chi connectivity index (χ1) is 6.70. The van der Waals surface area contributed by atoms with Crippen LogP contribution in [0.2, 0.25) is 0 Å². The van der Waals surface area contributed by atoms with Gasteiger partial charge < -0.3 is 14.7 Å². The van der Waals surface area contributed by atoms with Crippen LogP contribution in [0.5, 0.6) is 0 Å². The number of rotatable bonds is 1. The number of hydrogen-bond acceptors (Lipinski definition) is 3. The first-order valence-corrected chi connectivity index (χ1v) is 6.94. The molecule has 1 aromatic rings. The smallest absolute Gasteiger partial charge is 0.319 e. The summed E-state index contributed by atoms with van der Waals surface area (Å²) >= 11 is 3.60. The Morgan fingerprint density at radius 3 is 2.07 bits per heavy atom. The molecule has 0 spiro atoms. The molecule has 0 unspecified atom stereocenters. The molecular formula is C8H15N2O3PS. The number of aryl methyl sites for hydroxylation is 1. The Morgan fingerprint density at radius 2 is 1.80 bits per heavy atom. The maximum Gasteiger partial charge on any atom is 0.319 e. The van der Waals surface area contributed by atoms with E-state index in [1.165, 1.54) is 0 Å². The summed E-state index contributed by atoms with van der Waals surface area (Å²) in [5, 5.41) is 0. The maximum atomic E-state index is 7.56. The highest BCUT2D eigenvalue weighted by Crippen LogP contribution is 2.26. The van der Waals surface area contributed by atoms with Gasteiger partial charge in [0, 0.05) is 17.8 Å². The third-order valence-corrected chi connectivity index (χ3v) is 1.33. The van der Waals surface area contributed by atoms with E-state index in [4.69, 9.17) is 14.7 Å². The van der Waals surface area contributed by atoms with Crippen molar-refractivity contribution in [2.75, 3.05) is 0 Å². The van der Waals surface area contributed by atoms with Crippen LogP contribution in [0.15, 0.2) is 12.3 Å². The molecule has 0 aliphatic carbocycles. The standard InChI is InChI=1S/C8H12N2.H3O3PS/c1-6(2)8-9-5-4-7(3)10-8;1-4(2,3)5/h4-6H,1-3H3;(H3,1,2,3,5). The van der Waals surface area contributed by atoms with Crippen molar-refractivity contribution in [2.45, 2.75) is 26.7 Å². The Kier molecular flexibility index (Phi) is 6.09. The van der Waals surface area contributed by atoms with E-state index in [9.17, 15) is 0 Å². The molecule has 86 valence electrons. The van der Waals surface area contributed by atoms with Crippen LogP contribution in [0.4, 0.5) is 0 Å². The van der Waals surface area contributed by atoms with Gasteiger partial charge in [0.15, 0.2) is 0 Å². The summed E-state index contributed by atoms with van der Waals surface area (Å²) in [6.07, 6.45) is 1.80. The largest absolute Gasteiger partial charge is 0.325 e. The SMILES string of the molecule is Cc1ccnc(C(C)C)n1.OP(O)(O)=S. The first kappa shape index (κ1) is 14.6. The summed E-state index contributed by atoms with van der Waals surface area (Å²) in [5.41, 5.74) is 1.04. The second-order valence-corrected chi connectivity index (χ2v) is 5.72. The van der Waals surface area contributed by atoms with E-state index >= 15 is 0 Å². The number of nitrogens with zero attached hydrogens (tertiary/aromatic N) is 2. The van der Waals surface area contributed by atoms with Crippen LogP contribution in [-0.2, 0) is 11.8 Å². The summed E-state index contributed by atoms with van der Waals surface area (Å²) in [4.78, 5) is 31.1. The highest BCUT2D eigenvalue weighted by Gasteiger charge is 1.99. The third-order valence-electron chi connectivity index (χ3n) is 1.33. The molecule has 0 saturated heterocycles. The molecular weight excluding hydrogens is 235 g/mol. The fraction of sp³-hybridized carbons (Fsp3) is 0.500. The monoisotopic (exact) mass is 250 g/mol. The topological polar surface area (TPSA) is 86.5 Å². The molecule has 0 radical (unpaired) electrons. The summed E-state index contributed by atoms with van der Waals surface area (Å²) in [6, 6.07) is 1.91. The predicted octanol–water partition coefficient (Wildman–Crippen LogP) is 1.10. The van der Waals surface area contributed by atoms with Crippen molar-refractivity contribution in [1.82, 2.24) is 9.97 Å². The van der Waals surface area contributed by atoms with E-state index in [1.54, 1.807) is 6.20 Å². The molecule has 0 atom stereocenters. The lowest BCUT2D eigenvalue weighted by molar-refractivity contribution is 0.363. The molecule has 1 rings (SSSR count). The first-order valence-electron chi connectivity index (χ1n) is 4.28. The van der Waals surface area contributed by atoms with Gasteiger partial charge in [0.05, 0.1) is 0 Å². The average molecular weight is 250 g/mol. The highest BCUT2D eigenvalue weighted by molar-refractivity contribution is 8.06. The van der Waals surface area contributed by atoms with Crippen molar-refractivity contribution in [3.8, 4) is 0 Å². The van der Waals surface area contributed by atoms with Crippen LogP contribution < -0.4 is 0 Å². The van der Waals surface area contributed by atoms with E-state index in [0.717, 1.165) is 11.5 Å². The minimum atomic E-state index is -3.81. The Morgan fingerprint density at radius 1 is 1.33 bits per heavy atom. The van der Waals surface area contributed by atoms with Crippen LogP contribution in [-0.4, -0.2) is 24.6 Å². The lowest BCUT2D eigenvalue weighted by Crippen LogP contribution is -1.97. The van der Waals surface area contributed by atoms with Crippen molar-refractivity contribution in [1.29, 1.82) is 0 Å². The van der Waals surface area contributed by atoms with Gasteiger partial charge in [-0.25, -0.2) is 9.97 Å². The number of aromatic nitrogens is 2. The zero-order valence-electron chi connectivity index (χ0n) is 8.82. The lowest BCUT2D eigenvalue weighted by atomic mass is 10.2. The van der Waals surface area contributed by atoms with Crippen molar-refractivity contribution in [3.05, 3.63) is 23.8 Å². The molecule has 1 heterocycles. The van der Waals surface area contributed by atoms with Crippen LogP contribution in [0.25, 0.3) is 0 Å². The third kappa shape index (κ3) is 9.90. The molecule has 0 amide bonds. The molecule has 0 bridgehead atoms. The Labute approximate surface area is 94.1 Å². The minimum absolute atomic E-state index is 0.430. The van der Waals surface area contributed by atoms with Gasteiger partial charge in [-0.05, 0) is 24.8 Å². The van der Waals surface area contributed by atoms with E-state index in [-0.39, 0.29) is 0 Å². The van der Waals surface area contributed by atoms with Crippen LogP contribution in [0.3, 0.4) is 0 Å². The van der Waals surface area contributed by atoms with E-state index < -0.39 is 6.72 Å². The van der Waals surface area contributed by atoms with Crippen molar-refractivity contribution >= 4 is 18.5 Å². The van der Waals surface area contributed by atoms with E-state index in [1.807, 2.05) is 13.0 Å². The van der Waals surface area contributed by atoms with Gasteiger partial charge in [-0.3, -0.25) is 0 Å². The molecule has 0 aliphatic rings. The molecule has 0 saturated carbocycles. The van der Waals surface area contributed by atoms with Gasteiger partial charge in [0.2, 0.25) is 0 Å². The van der Waals surface area contributed by atoms with Crippen LogP contribution >= 0.6 is 6.72 Å². The van der Waals surface area contributed by atoms with E-state index in [2.05, 4.69) is 35.6 Å². The quantitative estimate of drug-likeness (QED) is 0.647. The fourth-order valence-electron chi connectivity index (χ4n) is 0.746. The van der Waals surface area contributed by atoms with Gasteiger partial charge in [-0.1, -0.05) is 13.8 Å². The number of hydrogen-bond donors (Lipinski definition) is 3. The zero-order valence-corrected chi connectivity index (χ0v) is 10.5. The van der Waals surface area contributed by atoms with Crippen LogP contribution in [0, 0.1) is 6.92 Å². The Balaban J connectivity index is 0.000000336. The van der Waals surface area contributed by atoms with Gasteiger partial charge in [0.25, 0.3) is 0 Å². The molecule has 0 aromatic carbocycles. The Bertz CT molecular complexity index is 345. The fourth-order valence-corrected chi connectivity index (χ4v) is 0.746.